The standard InChI is InChI=1S/C13H15BrO2S/c1-3-10(13(15)16-2)7-8-17-12-6-4-5-11(14)9-12/h4-7,9H,3,8H2,1-2H3. The molecule has 92 valence electrons. The van der Waals surface area contributed by atoms with Crippen molar-refractivity contribution >= 4 is 33.7 Å². The molecule has 1 aromatic carbocycles. The fourth-order valence-electron chi connectivity index (χ4n) is 1.30. The molecule has 0 aromatic heterocycles. The fraction of sp³-hybridized carbons (Fsp3) is 0.308. The molecule has 0 amide bonds. The lowest BCUT2D eigenvalue weighted by atomic mass is 10.2. The number of hydrogen-bond acceptors (Lipinski definition) is 3. The summed E-state index contributed by atoms with van der Waals surface area (Å²) >= 11 is 5.12. The van der Waals surface area contributed by atoms with Crippen LogP contribution >= 0.6 is 27.7 Å². The van der Waals surface area contributed by atoms with Gasteiger partial charge in [0.15, 0.2) is 0 Å². The first-order valence-electron chi connectivity index (χ1n) is 5.33. The Morgan fingerprint density at radius 3 is 2.88 bits per heavy atom. The molecule has 0 spiro atoms. The van der Waals surface area contributed by atoms with Gasteiger partial charge in [-0.15, -0.1) is 11.8 Å². The SMILES string of the molecule is CCC(=CCSc1cccc(Br)c1)C(=O)OC. The summed E-state index contributed by atoms with van der Waals surface area (Å²) in [5.41, 5.74) is 0.731. The van der Waals surface area contributed by atoms with E-state index in [1.165, 1.54) is 12.0 Å². The molecular weight excluding hydrogens is 300 g/mol. The zero-order valence-corrected chi connectivity index (χ0v) is 12.3. The third kappa shape index (κ3) is 4.96. The summed E-state index contributed by atoms with van der Waals surface area (Å²) in [5.74, 6) is 0.539. The maximum absolute atomic E-state index is 11.3. The summed E-state index contributed by atoms with van der Waals surface area (Å²) in [6, 6.07) is 8.10. The third-order valence-corrected chi connectivity index (χ3v) is 3.62. The Hall–Kier alpha value is -0.740. The summed E-state index contributed by atoms with van der Waals surface area (Å²) in [6.07, 6.45) is 2.63. The minimum Gasteiger partial charge on any atom is -0.466 e. The van der Waals surface area contributed by atoms with Crippen LogP contribution in [0, 0.1) is 0 Å². The number of hydrogen-bond donors (Lipinski definition) is 0. The first kappa shape index (κ1) is 14.3. The van der Waals surface area contributed by atoms with Crippen molar-refractivity contribution in [2.75, 3.05) is 12.9 Å². The molecule has 0 N–H and O–H groups in total. The van der Waals surface area contributed by atoms with Gasteiger partial charge in [0.1, 0.15) is 0 Å². The van der Waals surface area contributed by atoms with Gasteiger partial charge in [0, 0.05) is 20.7 Å². The highest BCUT2D eigenvalue weighted by Crippen LogP contribution is 2.22. The van der Waals surface area contributed by atoms with E-state index < -0.39 is 0 Å². The van der Waals surface area contributed by atoms with Crippen LogP contribution in [0.15, 0.2) is 45.3 Å². The zero-order chi connectivity index (χ0) is 12.7. The lowest BCUT2D eigenvalue weighted by Crippen LogP contribution is -2.04. The van der Waals surface area contributed by atoms with Gasteiger partial charge >= 0.3 is 5.97 Å². The van der Waals surface area contributed by atoms with Crippen molar-refractivity contribution in [2.24, 2.45) is 0 Å². The van der Waals surface area contributed by atoms with Gasteiger partial charge in [0.05, 0.1) is 7.11 Å². The molecule has 1 aromatic rings. The van der Waals surface area contributed by atoms with Gasteiger partial charge in [-0.1, -0.05) is 35.0 Å². The second-order valence-electron chi connectivity index (χ2n) is 3.34. The van der Waals surface area contributed by atoms with E-state index in [0.29, 0.717) is 6.42 Å². The first-order valence-corrected chi connectivity index (χ1v) is 7.11. The van der Waals surface area contributed by atoms with E-state index in [0.717, 1.165) is 15.8 Å². The van der Waals surface area contributed by atoms with E-state index in [2.05, 4.69) is 22.0 Å². The van der Waals surface area contributed by atoms with Crippen molar-refractivity contribution in [3.8, 4) is 0 Å². The van der Waals surface area contributed by atoms with Crippen LogP contribution in [0.25, 0.3) is 0 Å². The number of benzene rings is 1. The largest absolute Gasteiger partial charge is 0.466 e. The van der Waals surface area contributed by atoms with Crippen LogP contribution < -0.4 is 0 Å². The second kappa shape index (κ2) is 7.56. The van der Waals surface area contributed by atoms with Crippen LogP contribution in [0.2, 0.25) is 0 Å². The minimum absolute atomic E-state index is 0.234. The number of ether oxygens (including phenoxy) is 1. The minimum atomic E-state index is -0.234. The predicted molar refractivity (Wildman–Crippen MR) is 75.3 cm³/mol. The Morgan fingerprint density at radius 1 is 1.53 bits per heavy atom. The molecule has 4 heteroatoms. The highest BCUT2D eigenvalue weighted by molar-refractivity contribution is 9.10. The van der Waals surface area contributed by atoms with E-state index in [-0.39, 0.29) is 5.97 Å². The molecule has 0 heterocycles. The number of esters is 1. The molecule has 0 aliphatic carbocycles. The smallest absolute Gasteiger partial charge is 0.333 e. The highest BCUT2D eigenvalue weighted by atomic mass is 79.9. The van der Waals surface area contributed by atoms with Crippen LogP contribution in [0.1, 0.15) is 13.3 Å². The Bertz CT molecular complexity index is 416. The number of carbonyl (C=O) groups is 1. The van der Waals surface area contributed by atoms with Gasteiger partial charge in [0.2, 0.25) is 0 Å². The summed E-state index contributed by atoms with van der Waals surface area (Å²) < 4.78 is 5.77. The zero-order valence-electron chi connectivity index (χ0n) is 9.90. The Labute approximate surface area is 115 Å². The number of carbonyl (C=O) groups excluding carboxylic acids is 1. The normalized spacial score (nSPS) is 11.4. The average molecular weight is 315 g/mol. The average Bonchev–Trinajstić information content (AvgIpc) is 2.34. The lowest BCUT2D eigenvalue weighted by molar-refractivity contribution is -0.136. The molecule has 0 saturated heterocycles. The quantitative estimate of drug-likeness (QED) is 0.466. The van der Waals surface area contributed by atoms with E-state index in [1.807, 2.05) is 31.2 Å². The van der Waals surface area contributed by atoms with Crippen molar-refractivity contribution in [3.05, 3.63) is 40.4 Å². The van der Waals surface area contributed by atoms with Crippen molar-refractivity contribution < 1.29 is 9.53 Å². The molecule has 0 atom stereocenters. The summed E-state index contributed by atoms with van der Waals surface area (Å²) in [6.45, 7) is 1.95. The maximum Gasteiger partial charge on any atom is 0.333 e. The van der Waals surface area contributed by atoms with E-state index in [1.54, 1.807) is 11.8 Å². The first-order chi connectivity index (χ1) is 8.17. The van der Waals surface area contributed by atoms with Crippen LogP contribution in [-0.4, -0.2) is 18.8 Å². The van der Waals surface area contributed by atoms with Gasteiger partial charge in [-0.2, -0.15) is 0 Å². The third-order valence-electron chi connectivity index (χ3n) is 2.20. The molecular formula is C13H15BrO2S. The Morgan fingerprint density at radius 2 is 2.29 bits per heavy atom. The molecule has 0 fully saturated rings. The molecule has 0 aliphatic heterocycles. The molecule has 0 aliphatic rings. The van der Waals surface area contributed by atoms with Crippen molar-refractivity contribution in [1.29, 1.82) is 0 Å². The molecule has 1 rings (SSSR count). The molecule has 0 saturated carbocycles. The van der Waals surface area contributed by atoms with E-state index in [4.69, 9.17) is 4.74 Å². The van der Waals surface area contributed by atoms with Gasteiger partial charge in [0.25, 0.3) is 0 Å². The van der Waals surface area contributed by atoms with Crippen LogP contribution in [0.5, 0.6) is 0 Å². The molecule has 2 nitrogen and oxygen atoms in total. The number of methoxy groups -OCH3 is 1. The monoisotopic (exact) mass is 314 g/mol. The molecule has 17 heavy (non-hydrogen) atoms. The van der Waals surface area contributed by atoms with Gasteiger partial charge < -0.3 is 4.74 Å². The topological polar surface area (TPSA) is 26.3 Å². The van der Waals surface area contributed by atoms with Crippen LogP contribution in [0.3, 0.4) is 0 Å². The van der Waals surface area contributed by atoms with Gasteiger partial charge in [-0.3, -0.25) is 0 Å². The molecule has 0 unspecified atom stereocenters. The molecule has 0 bridgehead atoms. The predicted octanol–water partition coefficient (Wildman–Crippen LogP) is 4.05. The van der Waals surface area contributed by atoms with E-state index >= 15 is 0 Å². The number of halogens is 1. The second-order valence-corrected chi connectivity index (χ2v) is 5.35. The summed E-state index contributed by atoms with van der Waals surface area (Å²) in [5, 5.41) is 0. The van der Waals surface area contributed by atoms with Crippen molar-refractivity contribution in [3.63, 3.8) is 0 Å². The number of rotatable bonds is 5. The van der Waals surface area contributed by atoms with Crippen molar-refractivity contribution in [1.82, 2.24) is 0 Å². The highest BCUT2D eigenvalue weighted by Gasteiger charge is 2.05. The number of thioether (sulfide) groups is 1. The molecule has 0 radical (unpaired) electrons. The Balaban J connectivity index is 2.56. The van der Waals surface area contributed by atoms with Crippen LogP contribution in [0.4, 0.5) is 0 Å². The Kier molecular flexibility index (Phi) is 6.37. The van der Waals surface area contributed by atoms with E-state index in [9.17, 15) is 4.79 Å². The van der Waals surface area contributed by atoms with Gasteiger partial charge in [-0.05, 0) is 24.6 Å². The van der Waals surface area contributed by atoms with Crippen LogP contribution in [-0.2, 0) is 9.53 Å². The fourth-order valence-corrected chi connectivity index (χ4v) is 2.71. The van der Waals surface area contributed by atoms with Crippen molar-refractivity contribution in [2.45, 2.75) is 18.2 Å². The maximum atomic E-state index is 11.3. The summed E-state index contributed by atoms with van der Waals surface area (Å²) in [4.78, 5) is 12.5. The summed E-state index contributed by atoms with van der Waals surface area (Å²) in [7, 11) is 1.41. The lowest BCUT2D eigenvalue weighted by Gasteiger charge is -2.02. The van der Waals surface area contributed by atoms with Gasteiger partial charge in [-0.25, -0.2) is 4.79 Å².